The molecule has 0 unspecified atom stereocenters. The zero-order valence-electron chi connectivity index (χ0n) is 16.6. The van der Waals surface area contributed by atoms with Gasteiger partial charge in [0.2, 0.25) is 5.91 Å². The van der Waals surface area contributed by atoms with Crippen LogP contribution in [-0.2, 0) is 27.3 Å². The second-order valence-electron chi connectivity index (χ2n) is 7.08. The molecule has 0 radical (unpaired) electrons. The molecule has 0 bridgehead atoms. The molecule has 0 aliphatic carbocycles. The molecule has 0 saturated heterocycles. The number of amides is 2. The van der Waals surface area contributed by atoms with Crippen LogP contribution >= 0.6 is 0 Å². The summed E-state index contributed by atoms with van der Waals surface area (Å²) in [4.78, 5) is 26.0. The molecule has 0 aromatic heterocycles. The van der Waals surface area contributed by atoms with Crippen LogP contribution in [0.2, 0.25) is 0 Å². The van der Waals surface area contributed by atoms with E-state index in [-0.39, 0.29) is 37.2 Å². The Kier molecular flexibility index (Phi) is 8.14. The molecule has 0 aliphatic heterocycles. The summed E-state index contributed by atoms with van der Waals surface area (Å²) >= 11 is 0. The first-order chi connectivity index (χ1) is 13.4. The van der Waals surface area contributed by atoms with E-state index in [9.17, 15) is 14.0 Å². The summed E-state index contributed by atoms with van der Waals surface area (Å²) in [5.74, 6) is -0.211. The van der Waals surface area contributed by atoms with E-state index in [2.05, 4.69) is 5.32 Å². The number of carbonyl (C=O) groups excluding carboxylic acids is 2. The summed E-state index contributed by atoms with van der Waals surface area (Å²) in [5.41, 5.74) is 2.20. The molecule has 0 fully saturated rings. The van der Waals surface area contributed by atoms with Gasteiger partial charge in [-0.15, -0.1) is 0 Å². The molecule has 5 nitrogen and oxygen atoms in total. The van der Waals surface area contributed by atoms with Gasteiger partial charge in [-0.2, -0.15) is 0 Å². The number of benzene rings is 2. The Balaban J connectivity index is 2.12. The third kappa shape index (κ3) is 6.78. The van der Waals surface area contributed by atoms with Gasteiger partial charge in [0.05, 0.1) is 13.0 Å². The standard InChI is InChI=1S/C22H27FN2O3/c1-16(2)13-24-21(26)12-17-7-9-20(10-8-17)25(22(27)15-28-3)14-18-5-4-6-19(23)11-18/h4-11,16H,12-15H2,1-3H3,(H,24,26). The van der Waals surface area contributed by atoms with Crippen LogP contribution in [0.25, 0.3) is 0 Å². The fraction of sp³-hybridized carbons (Fsp3) is 0.364. The minimum Gasteiger partial charge on any atom is -0.375 e. The Bertz CT molecular complexity index is 791. The number of hydrogen-bond acceptors (Lipinski definition) is 3. The van der Waals surface area contributed by atoms with Crippen molar-refractivity contribution in [2.75, 3.05) is 25.2 Å². The maximum absolute atomic E-state index is 13.5. The second-order valence-corrected chi connectivity index (χ2v) is 7.08. The van der Waals surface area contributed by atoms with E-state index >= 15 is 0 Å². The van der Waals surface area contributed by atoms with Gasteiger partial charge in [-0.3, -0.25) is 9.59 Å². The Morgan fingerprint density at radius 3 is 2.43 bits per heavy atom. The highest BCUT2D eigenvalue weighted by atomic mass is 19.1. The maximum atomic E-state index is 13.5. The lowest BCUT2D eigenvalue weighted by molar-refractivity contribution is -0.122. The highest BCUT2D eigenvalue weighted by Crippen LogP contribution is 2.19. The number of nitrogens with one attached hydrogen (secondary N) is 1. The average Bonchev–Trinajstić information content (AvgIpc) is 2.65. The van der Waals surface area contributed by atoms with Gasteiger partial charge >= 0.3 is 0 Å². The predicted octanol–water partition coefficient (Wildman–Crippen LogP) is 3.32. The largest absolute Gasteiger partial charge is 0.375 e. The van der Waals surface area contributed by atoms with Crippen molar-refractivity contribution in [3.05, 3.63) is 65.5 Å². The molecular formula is C22H27FN2O3. The number of ether oxygens (including phenoxy) is 1. The number of carbonyl (C=O) groups is 2. The van der Waals surface area contributed by atoms with Gasteiger partial charge in [0, 0.05) is 19.3 Å². The SMILES string of the molecule is COCC(=O)N(Cc1cccc(F)c1)c1ccc(CC(=O)NCC(C)C)cc1. The summed E-state index contributed by atoms with van der Waals surface area (Å²) in [5, 5.41) is 2.89. The van der Waals surface area contributed by atoms with E-state index in [0.29, 0.717) is 23.7 Å². The van der Waals surface area contributed by atoms with Crippen LogP contribution in [-0.4, -0.2) is 32.1 Å². The molecule has 0 heterocycles. The molecule has 1 N–H and O–H groups in total. The van der Waals surface area contributed by atoms with E-state index in [1.165, 1.54) is 19.2 Å². The van der Waals surface area contributed by atoms with Gasteiger partial charge in [-0.05, 0) is 41.3 Å². The zero-order chi connectivity index (χ0) is 20.5. The quantitative estimate of drug-likeness (QED) is 0.719. The monoisotopic (exact) mass is 386 g/mol. The van der Waals surface area contributed by atoms with Crippen LogP contribution in [0.4, 0.5) is 10.1 Å². The number of anilines is 1. The molecule has 0 spiro atoms. The van der Waals surface area contributed by atoms with Gasteiger partial charge in [0.15, 0.2) is 0 Å². The fourth-order valence-corrected chi connectivity index (χ4v) is 2.70. The summed E-state index contributed by atoms with van der Waals surface area (Å²) in [6.45, 7) is 4.88. The van der Waals surface area contributed by atoms with Crippen molar-refractivity contribution >= 4 is 17.5 Å². The number of rotatable bonds is 9. The average molecular weight is 386 g/mol. The molecule has 6 heteroatoms. The third-order valence-electron chi connectivity index (χ3n) is 4.12. The highest BCUT2D eigenvalue weighted by molar-refractivity contribution is 5.94. The van der Waals surface area contributed by atoms with Crippen LogP contribution in [0.15, 0.2) is 48.5 Å². The van der Waals surface area contributed by atoms with Gasteiger partial charge in [-0.25, -0.2) is 4.39 Å². The van der Waals surface area contributed by atoms with E-state index in [1.54, 1.807) is 29.2 Å². The first-order valence-electron chi connectivity index (χ1n) is 9.28. The Labute approximate surface area is 165 Å². The fourth-order valence-electron chi connectivity index (χ4n) is 2.70. The van der Waals surface area contributed by atoms with E-state index in [0.717, 1.165) is 5.56 Å². The lowest BCUT2D eigenvalue weighted by atomic mass is 10.1. The molecule has 2 amide bonds. The van der Waals surface area contributed by atoms with E-state index in [4.69, 9.17) is 4.74 Å². The zero-order valence-corrected chi connectivity index (χ0v) is 16.6. The van der Waals surface area contributed by atoms with Crippen LogP contribution in [0.5, 0.6) is 0 Å². The summed E-state index contributed by atoms with van der Waals surface area (Å²) in [7, 11) is 1.46. The third-order valence-corrected chi connectivity index (χ3v) is 4.12. The normalized spacial score (nSPS) is 10.8. The van der Waals surface area contributed by atoms with Gasteiger partial charge in [-0.1, -0.05) is 38.1 Å². The van der Waals surface area contributed by atoms with Crippen molar-refractivity contribution in [2.24, 2.45) is 5.92 Å². The Morgan fingerprint density at radius 2 is 1.82 bits per heavy atom. The van der Waals surface area contributed by atoms with Crippen molar-refractivity contribution in [2.45, 2.75) is 26.8 Å². The minimum atomic E-state index is -0.348. The van der Waals surface area contributed by atoms with Crippen molar-refractivity contribution < 1.29 is 18.7 Å². The highest BCUT2D eigenvalue weighted by Gasteiger charge is 2.17. The predicted molar refractivity (Wildman–Crippen MR) is 107 cm³/mol. The number of nitrogens with zero attached hydrogens (tertiary/aromatic N) is 1. The molecule has 150 valence electrons. The summed E-state index contributed by atoms with van der Waals surface area (Å²) in [6, 6.07) is 13.4. The molecule has 28 heavy (non-hydrogen) atoms. The van der Waals surface area contributed by atoms with Gasteiger partial charge in [0.1, 0.15) is 12.4 Å². The lowest BCUT2D eigenvalue weighted by Gasteiger charge is -2.23. The minimum absolute atomic E-state index is 0.0338. The smallest absolute Gasteiger partial charge is 0.253 e. The molecule has 0 saturated carbocycles. The molecule has 0 atom stereocenters. The molecule has 2 aromatic carbocycles. The van der Waals surface area contributed by atoms with E-state index in [1.807, 2.05) is 26.0 Å². The van der Waals surface area contributed by atoms with Crippen LogP contribution < -0.4 is 10.2 Å². The van der Waals surface area contributed by atoms with Crippen molar-refractivity contribution in [3.63, 3.8) is 0 Å². The number of methoxy groups -OCH3 is 1. The second kappa shape index (κ2) is 10.6. The van der Waals surface area contributed by atoms with Crippen LogP contribution in [0.3, 0.4) is 0 Å². The molecule has 2 aromatic rings. The van der Waals surface area contributed by atoms with Crippen molar-refractivity contribution in [3.8, 4) is 0 Å². The maximum Gasteiger partial charge on any atom is 0.253 e. The molecule has 2 rings (SSSR count). The van der Waals surface area contributed by atoms with Gasteiger partial charge in [0.25, 0.3) is 5.91 Å². The number of hydrogen-bond donors (Lipinski definition) is 1. The Hall–Kier alpha value is -2.73. The Morgan fingerprint density at radius 1 is 1.11 bits per heavy atom. The summed E-state index contributed by atoms with van der Waals surface area (Å²) < 4.78 is 18.5. The number of halogens is 1. The van der Waals surface area contributed by atoms with E-state index < -0.39 is 0 Å². The topological polar surface area (TPSA) is 58.6 Å². The van der Waals surface area contributed by atoms with Crippen LogP contribution in [0.1, 0.15) is 25.0 Å². The van der Waals surface area contributed by atoms with Crippen molar-refractivity contribution in [1.29, 1.82) is 0 Å². The molecule has 0 aliphatic rings. The van der Waals surface area contributed by atoms with Crippen LogP contribution in [0, 0.1) is 11.7 Å². The van der Waals surface area contributed by atoms with Crippen molar-refractivity contribution in [1.82, 2.24) is 5.32 Å². The first-order valence-corrected chi connectivity index (χ1v) is 9.28. The molecular weight excluding hydrogens is 359 g/mol. The lowest BCUT2D eigenvalue weighted by Crippen LogP contribution is -2.33. The van der Waals surface area contributed by atoms with Gasteiger partial charge < -0.3 is 15.0 Å². The first kappa shape index (κ1) is 21.6. The summed E-state index contributed by atoms with van der Waals surface area (Å²) in [6.07, 6.45) is 0.281.